The topological polar surface area (TPSA) is 63.7 Å². The number of rotatable bonds is 2. The molecule has 1 aliphatic carbocycles. The first-order chi connectivity index (χ1) is 23.3. The Morgan fingerprint density at radius 3 is 2.02 bits per heavy atom. The molecular weight excluding hydrogens is 576 g/mol. The van der Waals surface area contributed by atoms with Crippen LogP contribution in [-0.4, -0.2) is 14.5 Å². The zero-order chi connectivity index (χ0) is 31.1. The molecule has 1 spiro atoms. The molecule has 3 aromatic heterocycles. The van der Waals surface area contributed by atoms with Crippen LogP contribution in [0.3, 0.4) is 0 Å². The summed E-state index contributed by atoms with van der Waals surface area (Å²) >= 11 is 0. The van der Waals surface area contributed by atoms with Crippen LogP contribution >= 0.6 is 0 Å². The van der Waals surface area contributed by atoms with Crippen LogP contribution in [0.1, 0.15) is 27.8 Å². The predicted octanol–water partition coefficient (Wildman–Crippen LogP) is 9.58. The second-order valence-electron chi connectivity index (χ2n) is 12.1. The van der Waals surface area contributed by atoms with Gasteiger partial charge in [-0.05, 0) is 77.4 Å². The monoisotopic (exact) mass is 600 g/mol. The molecule has 0 saturated carbocycles. The minimum absolute atomic E-state index is 0.634. The van der Waals surface area contributed by atoms with E-state index in [0.717, 1.165) is 83.8 Å². The van der Waals surface area contributed by atoms with Crippen molar-refractivity contribution in [1.82, 2.24) is 14.5 Å². The highest BCUT2D eigenvalue weighted by molar-refractivity contribution is 6.11. The molecule has 1 aliphatic heterocycles. The van der Waals surface area contributed by atoms with E-state index in [1.807, 2.05) is 54.9 Å². The van der Waals surface area contributed by atoms with Gasteiger partial charge in [0, 0.05) is 45.5 Å². The molecular formula is C42H24N4O. The number of ether oxygens (including phenoxy) is 1. The highest BCUT2D eigenvalue weighted by Crippen LogP contribution is 2.62. The molecule has 0 fully saturated rings. The van der Waals surface area contributed by atoms with Crippen LogP contribution in [0.25, 0.3) is 50.0 Å². The smallest absolute Gasteiger partial charge is 0.140 e. The van der Waals surface area contributed by atoms with E-state index in [1.54, 1.807) is 0 Å². The number of pyridine rings is 2. The lowest BCUT2D eigenvalue weighted by molar-refractivity contribution is 0.438. The average Bonchev–Trinajstić information content (AvgIpc) is 3.62. The Kier molecular flexibility index (Phi) is 5.21. The van der Waals surface area contributed by atoms with E-state index in [9.17, 15) is 5.26 Å². The third kappa shape index (κ3) is 3.36. The molecule has 0 radical (unpaired) electrons. The molecule has 0 saturated heterocycles. The third-order valence-electron chi connectivity index (χ3n) is 9.79. The number of hydrogen-bond donors (Lipinski definition) is 0. The summed E-state index contributed by atoms with van der Waals surface area (Å²) in [5.41, 5.74) is 11.4. The second-order valence-corrected chi connectivity index (χ2v) is 12.1. The van der Waals surface area contributed by atoms with Crippen molar-refractivity contribution in [2.75, 3.05) is 0 Å². The summed E-state index contributed by atoms with van der Waals surface area (Å²) in [7, 11) is 0. The number of aromatic nitrogens is 3. The van der Waals surface area contributed by atoms with Gasteiger partial charge in [-0.15, -0.1) is 0 Å². The minimum atomic E-state index is -0.636. The quantitative estimate of drug-likeness (QED) is 0.198. The molecule has 0 amide bonds. The summed E-state index contributed by atoms with van der Waals surface area (Å²) in [6.45, 7) is 0. The van der Waals surface area contributed by atoms with Gasteiger partial charge in [0.25, 0.3) is 0 Å². The SMILES string of the molecule is N#Cc1ccc2c(c1)c1cc(-c3cccc4c3Oc3ccccc3C43c4cccnc4-c4ncccc43)ccc1n2-c1ccccc1. The van der Waals surface area contributed by atoms with Crippen molar-refractivity contribution < 1.29 is 4.74 Å². The van der Waals surface area contributed by atoms with Crippen LogP contribution in [0.4, 0.5) is 0 Å². The molecule has 10 rings (SSSR count). The van der Waals surface area contributed by atoms with E-state index in [2.05, 4.69) is 102 Å². The van der Waals surface area contributed by atoms with E-state index in [4.69, 9.17) is 14.7 Å². The molecule has 4 heterocycles. The van der Waals surface area contributed by atoms with Crippen LogP contribution in [0.5, 0.6) is 11.5 Å². The Morgan fingerprint density at radius 1 is 0.596 bits per heavy atom. The first kappa shape index (κ1) is 25.8. The van der Waals surface area contributed by atoms with E-state index in [0.29, 0.717) is 5.56 Å². The van der Waals surface area contributed by atoms with Gasteiger partial charge in [0.1, 0.15) is 11.5 Å². The Bertz CT molecular complexity index is 2580. The van der Waals surface area contributed by atoms with Crippen molar-refractivity contribution in [2.45, 2.75) is 5.41 Å². The maximum absolute atomic E-state index is 9.80. The normalized spacial score (nSPS) is 13.4. The number of benzene rings is 5. The molecule has 0 N–H and O–H groups in total. The Labute approximate surface area is 270 Å². The molecule has 47 heavy (non-hydrogen) atoms. The standard InChI is InChI=1S/C42H24N4O/c43-25-26-17-19-36-30(23-26)31-24-27(18-20-37(31)46(36)28-9-2-1-3-10-28)29-11-6-13-35-41(29)47-38-16-5-4-12-32(38)42(35)33-14-7-21-44-39(33)40-34(42)15-8-22-45-40/h1-24H. The first-order valence-corrected chi connectivity index (χ1v) is 15.6. The molecule has 0 atom stereocenters. The van der Waals surface area contributed by atoms with Gasteiger partial charge in [0.05, 0.1) is 39.5 Å². The van der Waals surface area contributed by atoms with Gasteiger partial charge in [-0.3, -0.25) is 9.97 Å². The van der Waals surface area contributed by atoms with Crippen LogP contribution in [0.2, 0.25) is 0 Å². The fourth-order valence-electron chi connectivity index (χ4n) is 7.92. The molecule has 0 bridgehead atoms. The lowest BCUT2D eigenvalue weighted by Gasteiger charge is -2.39. The number of para-hydroxylation sites is 3. The Hall–Kier alpha value is -6.51. The van der Waals surface area contributed by atoms with Gasteiger partial charge < -0.3 is 9.30 Å². The van der Waals surface area contributed by atoms with Crippen molar-refractivity contribution in [3.05, 3.63) is 174 Å². The summed E-state index contributed by atoms with van der Waals surface area (Å²) < 4.78 is 9.17. The third-order valence-corrected chi connectivity index (χ3v) is 9.79. The van der Waals surface area contributed by atoms with E-state index in [-0.39, 0.29) is 0 Å². The zero-order valence-corrected chi connectivity index (χ0v) is 25.1. The molecule has 2 aliphatic rings. The van der Waals surface area contributed by atoms with Crippen LogP contribution < -0.4 is 4.74 Å². The van der Waals surface area contributed by atoms with Gasteiger partial charge in [-0.1, -0.05) is 72.8 Å². The lowest BCUT2D eigenvalue weighted by Crippen LogP contribution is -2.32. The largest absolute Gasteiger partial charge is 0.456 e. The van der Waals surface area contributed by atoms with Gasteiger partial charge in [0.15, 0.2) is 0 Å². The summed E-state index contributed by atoms with van der Waals surface area (Å²) in [5.74, 6) is 1.64. The highest BCUT2D eigenvalue weighted by atomic mass is 16.5. The average molecular weight is 601 g/mol. The molecule has 5 aromatic carbocycles. The fraction of sp³-hybridized carbons (Fsp3) is 0.0238. The van der Waals surface area contributed by atoms with Crippen LogP contribution in [0.15, 0.2) is 146 Å². The zero-order valence-electron chi connectivity index (χ0n) is 25.1. The van der Waals surface area contributed by atoms with Crippen molar-refractivity contribution in [3.63, 3.8) is 0 Å². The van der Waals surface area contributed by atoms with Crippen molar-refractivity contribution >= 4 is 21.8 Å². The second kappa shape index (κ2) is 9.50. The number of nitriles is 1. The summed E-state index contributed by atoms with van der Waals surface area (Å²) in [6, 6.07) is 48.4. The van der Waals surface area contributed by atoms with Crippen molar-refractivity contribution in [3.8, 4) is 45.8 Å². The molecule has 5 heteroatoms. The van der Waals surface area contributed by atoms with Crippen molar-refractivity contribution in [2.24, 2.45) is 0 Å². The number of fused-ring (bicyclic) bond motifs is 12. The summed E-state index contributed by atoms with van der Waals surface area (Å²) in [6.07, 6.45) is 3.69. The lowest BCUT2D eigenvalue weighted by atomic mass is 9.66. The van der Waals surface area contributed by atoms with E-state index in [1.165, 1.54) is 0 Å². The minimum Gasteiger partial charge on any atom is -0.456 e. The molecule has 5 nitrogen and oxygen atoms in total. The molecule has 0 unspecified atom stereocenters. The number of hydrogen-bond acceptors (Lipinski definition) is 4. The predicted molar refractivity (Wildman–Crippen MR) is 184 cm³/mol. The number of nitrogens with zero attached hydrogens (tertiary/aromatic N) is 4. The maximum atomic E-state index is 9.80. The molecule has 218 valence electrons. The van der Waals surface area contributed by atoms with Gasteiger partial charge in [-0.25, -0.2) is 0 Å². The highest BCUT2D eigenvalue weighted by Gasteiger charge is 2.52. The van der Waals surface area contributed by atoms with Crippen molar-refractivity contribution in [1.29, 1.82) is 5.26 Å². The first-order valence-electron chi connectivity index (χ1n) is 15.6. The van der Waals surface area contributed by atoms with Gasteiger partial charge in [-0.2, -0.15) is 5.26 Å². The van der Waals surface area contributed by atoms with E-state index < -0.39 is 5.41 Å². The van der Waals surface area contributed by atoms with Crippen LogP contribution in [-0.2, 0) is 5.41 Å². The van der Waals surface area contributed by atoms with E-state index >= 15 is 0 Å². The fourth-order valence-corrected chi connectivity index (χ4v) is 7.92. The van der Waals surface area contributed by atoms with Gasteiger partial charge >= 0.3 is 0 Å². The van der Waals surface area contributed by atoms with Crippen LogP contribution in [0, 0.1) is 11.3 Å². The summed E-state index contributed by atoms with van der Waals surface area (Å²) in [4.78, 5) is 9.71. The van der Waals surface area contributed by atoms with Gasteiger partial charge in [0.2, 0.25) is 0 Å². The summed E-state index contributed by atoms with van der Waals surface area (Å²) in [5, 5.41) is 11.9. The Morgan fingerprint density at radius 2 is 1.26 bits per heavy atom. The Balaban J connectivity index is 1.27. The maximum Gasteiger partial charge on any atom is 0.140 e. The molecule has 8 aromatic rings.